The van der Waals surface area contributed by atoms with E-state index in [1.165, 1.54) is 25.7 Å². The van der Waals surface area contributed by atoms with Crippen LogP contribution < -0.4 is 5.32 Å². The first-order valence-corrected chi connectivity index (χ1v) is 8.31. The van der Waals surface area contributed by atoms with E-state index in [0.29, 0.717) is 6.04 Å². The molecule has 1 heterocycles. The van der Waals surface area contributed by atoms with Gasteiger partial charge in [0, 0.05) is 17.5 Å². The van der Waals surface area contributed by atoms with Crippen LogP contribution in [-0.4, -0.2) is 22.8 Å². The maximum Gasteiger partial charge on any atom is 0.0620 e. The van der Waals surface area contributed by atoms with E-state index in [1.54, 1.807) is 0 Å². The maximum atomic E-state index is 10.5. The lowest BCUT2D eigenvalue weighted by molar-refractivity contribution is 0.00298. The van der Waals surface area contributed by atoms with Gasteiger partial charge in [0.15, 0.2) is 0 Å². The van der Waals surface area contributed by atoms with Crippen LogP contribution in [0, 0.1) is 5.92 Å². The third-order valence-electron chi connectivity index (χ3n) is 5.10. The first kappa shape index (κ1) is 16.3. The molecular formula is C19H29NO. The zero-order valence-corrected chi connectivity index (χ0v) is 13.1. The van der Waals surface area contributed by atoms with Crippen LogP contribution in [0.5, 0.6) is 0 Å². The summed E-state index contributed by atoms with van der Waals surface area (Å²) in [5.41, 5.74) is 2.94. The molecule has 2 N–H and O–H groups in total. The smallest absolute Gasteiger partial charge is 0.0620 e. The van der Waals surface area contributed by atoms with E-state index in [9.17, 15) is 5.11 Å². The van der Waals surface area contributed by atoms with Crippen molar-refractivity contribution in [2.24, 2.45) is 5.92 Å². The predicted octanol–water partition coefficient (Wildman–Crippen LogP) is 3.89. The minimum atomic E-state index is -0.228. The Kier molecular flexibility index (Phi) is 6.05. The van der Waals surface area contributed by atoms with E-state index in [0.717, 1.165) is 25.7 Å². The average Bonchev–Trinajstić information content (AvgIpc) is 2.47. The normalized spacial score (nSPS) is 36.5. The van der Waals surface area contributed by atoms with E-state index in [2.05, 4.69) is 30.3 Å². The standard InChI is InChI=1S/C19H29NO/c1-3-5-7-10-16-11-8-14-19(20-16)15-9-13-18(21)17(19)12-6-4-2/h4-6,12,16-18,20-21H,1-2,7-11,13-15H2/t16-,17-,18+,19-/m1/s1. The molecule has 1 aliphatic heterocycles. The maximum absolute atomic E-state index is 10.5. The quantitative estimate of drug-likeness (QED) is 0.594. The molecule has 0 aromatic rings. The lowest BCUT2D eigenvalue weighted by Crippen LogP contribution is -2.61. The molecule has 2 aliphatic rings. The van der Waals surface area contributed by atoms with E-state index in [1.807, 2.05) is 18.2 Å². The summed E-state index contributed by atoms with van der Waals surface area (Å²) in [5.74, 6) is 0.210. The molecule has 0 aromatic carbocycles. The number of piperidine rings is 1. The van der Waals surface area contributed by atoms with Crippen LogP contribution >= 0.6 is 0 Å². The van der Waals surface area contributed by atoms with Gasteiger partial charge in [-0.2, -0.15) is 0 Å². The third kappa shape index (κ3) is 3.97. The van der Waals surface area contributed by atoms with Crippen LogP contribution in [0.3, 0.4) is 0 Å². The zero-order valence-electron chi connectivity index (χ0n) is 13.1. The van der Waals surface area contributed by atoms with Crippen molar-refractivity contribution < 1.29 is 5.11 Å². The minimum Gasteiger partial charge on any atom is -0.392 e. The summed E-state index contributed by atoms with van der Waals surface area (Å²) in [6, 6.07) is 0.549. The Bertz CT molecular complexity index is 417. The number of hydrogen-bond acceptors (Lipinski definition) is 2. The van der Waals surface area contributed by atoms with Crippen molar-refractivity contribution in [3.8, 4) is 0 Å². The van der Waals surface area contributed by atoms with Gasteiger partial charge in [0.1, 0.15) is 0 Å². The Morgan fingerprint density at radius 3 is 2.76 bits per heavy atom. The Labute approximate surface area is 129 Å². The van der Waals surface area contributed by atoms with Gasteiger partial charge in [-0.15, -0.1) is 5.73 Å². The van der Waals surface area contributed by atoms with Gasteiger partial charge in [-0.05, 0) is 51.0 Å². The van der Waals surface area contributed by atoms with E-state index in [-0.39, 0.29) is 17.6 Å². The minimum absolute atomic E-state index is 0.0813. The van der Waals surface area contributed by atoms with E-state index < -0.39 is 0 Å². The molecule has 2 heteroatoms. The van der Waals surface area contributed by atoms with Crippen LogP contribution in [0.25, 0.3) is 0 Å². The molecule has 1 saturated heterocycles. The Morgan fingerprint density at radius 1 is 1.29 bits per heavy atom. The molecule has 0 aromatic heterocycles. The SMILES string of the molecule is C=C=CCC[C@@H]1CCC[C@]2(CCC[C@H](O)[C@H]2C=CC=C)N1. The molecule has 0 amide bonds. The lowest BCUT2D eigenvalue weighted by atomic mass is 9.66. The molecule has 1 saturated carbocycles. The molecule has 1 spiro atoms. The fourth-order valence-electron chi connectivity index (χ4n) is 4.13. The van der Waals surface area contributed by atoms with Gasteiger partial charge < -0.3 is 10.4 Å². The molecular weight excluding hydrogens is 258 g/mol. The van der Waals surface area contributed by atoms with Crippen molar-refractivity contribution in [2.75, 3.05) is 0 Å². The van der Waals surface area contributed by atoms with Gasteiger partial charge in [-0.25, -0.2) is 0 Å². The molecule has 0 bridgehead atoms. The van der Waals surface area contributed by atoms with E-state index in [4.69, 9.17) is 0 Å². The average molecular weight is 287 g/mol. The molecule has 0 unspecified atom stereocenters. The highest BCUT2D eigenvalue weighted by atomic mass is 16.3. The zero-order chi connectivity index (χ0) is 15.1. The van der Waals surface area contributed by atoms with Gasteiger partial charge in [0.25, 0.3) is 0 Å². The Morgan fingerprint density at radius 2 is 2.05 bits per heavy atom. The second kappa shape index (κ2) is 7.79. The Balaban J connectivity index is 2.10. The molecule has 2 fully saturated rings. The summed E-state index contributed by atoms with van der Waals surface area (Å²) in [6.45, 7) is 7.39. The second-order valence-corrected chi connectivity index (χ2v) is 6.48. The monoisotopic (exact) mass is 287 g/mol. The number of hydrogen-bond donors (Lipinski definition) is 2. The van der Waals surface area contributed by atoms with Crippen molar-refractivity contribution in [1.82, 2.24) is 5.32 Å². The van der Waals surface area contributed by atoms with Crippen molar-refractivity contribution in [3.05, 3.63) is 43.2 Å². The summed E-state index contributed by atoms with van der Waals surface area (Å²) in [4.78, 5) is 0. The van der Waals surface area contributed by atoms with Crippen LogP contribution in [0.15, 0.2) is 43.2 Å². The van der Waals surface area contributed by atoms with Crippen molar-refractivity contribution in [3.63, 3.8) is 0 Å². The number of aliphatic hydroxyl groups is 1. The molecule has 1 aliphatic carbocycles. The van der Waals surface area contributed by atoms with Gasteiger partial charge in [0.2, 0.25) is 0 Å². The van der Waals surface area contributed by atoms with Gasteiger partial charge in [-0.3, -0.25) is 0 Å². The first-order valence-electron chi connectivity index (χ1n) is 8.31. The summed E-state index contributed by atoms with van der Waals surface area (Å²) < 4.78 is 0. The molecule has 2 rings (SSSR count). The summed E-state index contributed by atoms with van der Waals surface area (Å²) >= 11 is 0. The van der Waals surface area contributed by atoms with Crippen molar-refractivity contribution >= 4 is 0 Å². The van der Waals surface area contributed by atoms with Crippen molar-refractivity contribution in [1.29, 1.82) is 0 Å². The third-order valence-corrected chi connectivity index (χ3v) is 5.10. The predicted molar refractivity (Wildman–Crippen MR) is 89.1 cm³/mol. The number of aliphatic hydroxyl groups excluding tert-OH is 1. The highest BCUT2D eigenvalue weighted by molar-refractivity contribution is 5.14. The highest BCUT2D eigenvalue weighted by Gasteiger charge is 2.45. The van der Waals surface area contributed by atoms with Crippen LogP contribution in [0.2, 0.25) is 0 Å². The summed E-state index contributed by atoms with van der Waals surface area (Å²) in [7, 11) is 0. The number of nitrogens with one attached hydrogen (secondary N) is 1. The first-order chi connectivity index (χ1) is 10.2. The van der Waals surface area contributed by atoms with Crippen LogP contribution in [-0.2, 0) is 0 Å². The molecule has 4 atom stereocenters. The molecule has 116 valence electrons. The second-order valence-electron chi connectivity index (χ2n) is 6.48. The molecule has 0 radical (unpaired) electrons. The Hall–Kier alpha value is -1.08. The fraction of sp³-hybridized carbons (Fsp3) is 0.632. The van der Waals surface area contributed by atoms with Crippen LogP contribution in [0.4, 0.5) is 0 Å². The summed E-state index contributed by atoms with van der Waals surface area (Å²) in [5, 5.41) is 14.4. The fourth-order valence-corrected chi connectivity index (χ4v) is 4.13. The van der Waals surface area contributed by atoms with E-state index >= 15 is 0 Å². The topological polar surface area (TPSA) is 32.3 Å². The lowest BCUT2D eigenvalue weighted by Gasteiger charge is -2.51. The van der Waals surface area contributed by atoms with Gasteiger partial charge >= 0.3 is 0 Å². The summed E-state index contributed by atoms with van der Waals surface area (Å²) in [6.07, 6.45) is 16.8. The van der Waals surface area contributed by atoms with Gasteiger partial charge in [0.05, 0.1) is 6.10 Å². The molecule has 2 nitrogen and oxygen atoms in total. The van der Waals surface area contributed by atoms with Crippen LogP contribution in [0.1, 0.15) is 51.4 Å². The number of rotatable bonds is 5. The van der Waals surface area contributed by atoms with Gasteiger partial charge in [-0.1, -0.05) is 37.8 Å². The number of allylic oxidation sites excluding steroid dienone is 3. The van der Waals surface area contributed by atoms with Crippen molar-refractivity contribution in [2.45, 2.75) is 69.1 Å². The molecule has 21 heavy (non-hydrogen) atoms. The largest absolute Gasteiger partial charge is 0.392 e. The highest BCUT2D eigenvalue weighted by Crippen LogP contribution is 2.41.